The van der Waals surface area contributed by atoms with E-state index in [2.05, 4.69) is 29.1 Å². The van der Waals surface area contributed by atoms with E-state index >= 15 is 0 Å². The van der Waals surface area contributed by atoms with Crippen LogP contribution in [0.1, 0.15) is 62.0 Å². The molecule has 3 amide bonds. The molecule has 1 aromatic carbocycles. The normalized spacial score (nSPS) is 11.6. The minimum absolute atomic E-state index is 0.0213. The van der Waals surface area contributed by atoms with Crippen molar-refractivity contribution in [2.75, 3.05) is 17.3 Å². The van der Waals surface area contributed by atoms with Crippen LogP contribution in [-0.4, -0.2) is 39.3 Å². The third-order valence-electron chi connectivity index (χ3n) is 6.01. The van der Waals surface area contributed by atoms with Crippen LogP contribution in [0.15, 0.2) is 36.5 Å². The second kappa shape index (κ2) is 11.9. The second-order valence-corrected chi connectivity index (χ2v) is 8.88. The summed E-state index contributed by atoms with van der Waals surface area (Å²) in [5.74, 6) is -0.385. The first-order chi connectivity index (χ1) is 17.2. The average molecular weight is 490 g/mol. The largest absolute Gasteiger partial charge is 0.370 e. The third-order valence-corrected chi connectivity index (χ3v) is 6.01. The Labute approximate surface area is 210 Å². The van der Waals surface area contributed by atoms with Crippen molar-refractivity contribution in [1.82, 2.24) is 14.5 Å². The Morgan fingerprint density at radius 3 is 2.67 bits per heavy atom. The Kier molecular flexibility index (Phi) is 8.73. The predicted octanol–water partition coefficient (Wildman–Crippen LogP) is 3.61. The van der Waals surface area contributed by atoms with Crippen LogP contribution in [0.4, 0.5) is 11.6 Å². The van der Waals surface area contributed by atoms with Crippen molar-refractivity contribution in [3.63, 3.8) is 0 Å². The number of fused-ring (bicyclic) bond motifs is 1. The van der Waals surface area contributed by atoms with E-state index in [1.807, 2.05) is 18.2 Å². The molecule has 3 N–H and O–H groups in total. The van der Waals surface area contributed by atoms with E-state index in [1.165, 1.54) is 18.3 Å². The molecule has 1 atom stereocenters. The molecule has 0 spiro atoms. The molecule has 3 rings (SSSR count). The molecule has 2 heterocycles. The highest BCUT2D eigenvalue weighted by atomic mass is 16.2. The number of aryl methyl sites for hydroxylation is 1. The number of unbranched alkanes of at least 4 members (excludes halogenated alkanes) is 1. The molecule has 0 aliphatic rings. The maximum atomic E-state index is 12.8. The lowest BCUT2D eigenvalue weighted by molar-refractivity contribution is -0.119. The molecule has 36 heavy (non-hydrogen) atoms. The van der Waals surface area contributed by atoms with Gasteiger partial charge in [0.25, 0.3) is 5.91 Å². The Morgan fingerprint density at radius 1 is 1.25 bits per heavy atom. The number of aromatic nitrogens is 3. The molecular weight excluding hydrogens is 458 g/mol. The molecule has 0 aliphatic carbocycles. The number of rotatable bonds is 11. The lowest BCUT2D eigenvalue weighted by Gasteiger charge is -2.20. The Bertz CT molecular complexity index is 1290. The maximum Gasteiger partial charge on any atom is 0.259 e. The van der Waals surface area contributed by atoms with Gasteiger partial charge in [-0.05, 0) is 36.2 Å². The number of nitrogens with two attached hydrogens (primary N) is 1. The molecule has 0 saturated carbocycles. The SMILES string of the molecule is CCCCC(C)CC(=O)N(C)c1ccc2c(c1)nc(NC(=O)c1ccc(C#N)nc1)n2CCC(N)=O. The lowest BCUT2D eigenvalue weighted by Crippen LogP contribution is -2.27. The molecule has 3 aromatic rings. The van der Waals surface area contributed by atoms with Gasteiger partial charge in [-0.3, -0.25) is 19.7 Å². The molecular formula is C26H31N7O3. The molecule has 2 aromatic heterocycles. The van der Waals surface area contributed by atoms with Gasteiger partial charge < -0.3 is 15.2 Å². The van der Waals surface area contributed by atoms with Crippen LogP contribution in [0.25, 0.3) is 11.0 Å². The fraction of sp³-hybridized carbons (Fsp3) is 0.385. The van der Waals surface area contributed by atoms with Crippen molar-refractivity contribution in [2.45, 2.75) is 52.5 Å². The summed E-state index contributed by atoms with van der Waals surface area (Å²) in [6, 6.07) is 10.3. The molecule has 0 bridgehead atoms. The molecule has 1 unspecified atom stereocenters. The number of benzene rings is 1. The standard InChI is InChI=1S/C26H31N7O3/c1-4-5-6-17(2)13-24(35)32(3)20-9-10-22-21(14-20)30-26(33(22)12-11-23(28)34)31-25(36)18-7-8-19(15-27)29-16-18/h7-10,14,16-17H,4-6,11-13H2,1-3H3,(H2,28,34)(H,30,31,36). The summed E-state index contributed by atoms with van der Waals surface area (Å²) in [4.78, 5) is 47.1. The summed E-state index contributed by atoms with van der Waals surface area (Å²) in [5.41, 5.74) is 7.74. The zero-order valence-corrected chi connectivity index (χ0v) is 20.8. The first-order valence-corrected chi connectivity index (χ1v) is 12.0. The van der Waals surface area contributed by atoms with Crippen LogP contribution < -0.4 is 16.0 Å². The van der Waals surface area contributed by atoms with Gasteiger partial charge in [0.1, 0.15) is 11.8 Å². The number of pyridine rings is 1. The predicted molar refractivity (Wildman–Crippen MR) is 137 cm³/mol. The van der Waals surface area contributed by atoms with Crippen molar-refractivity contribution >= 4 is 40.4 Å². The number of nitrogens with zero attached hydrogens (tertiary/aromatic N) is 5. The molecule has 0 fully saturated rings. The van der Waals surface area contributed by atoms with E-state index < -0.39 is 11.8 Å². The highest BCUT2D eigenvalue weighted by Gasteiger charge is 2.19. The van der Waals surface area contributed by atoms with Crippen LogP contribution >= 0.6 is 0 Å². The number of anilines is 2. The number of carbonyl (C=O) groups excluding carboxylic acids is 3. The fourth-order valence-electron chi connectivity index (χ4n) is 3.87. The van der Waals surface area contributed by atoms with Gasteiger partial charge in [0.2, 0.25) is 17.8 Å². The van der Waals surface area contributed by atoms with Crippen molar-refractivity contribution in [3.8, 4) is 6.07 Å². The minimum atomic E-state index is -0.482. The maximum absolute atomic E-state index is 12.8. The van der Waals surface area contributed by atoms with Gasteiger partial charge in [-0.25, -0.2) is 9.97 Å². The monoisotopic (exact) mass is 489 g/mol. The first-order valence-electron chi connectivity index (χ1n) is 12.0. The van der Waals surface area contributed by atoms with E-state index in [4.69, 9.17) is 11.0 Å². The number of primary amides is 1. The summed E-state index contributed by atoms with van der Waals surface area (Å²) in [5, 5.41) is 11.7. The molecule has 10 nitrogen and oxygen atoms in total. The number of hydrogen-bond donors (Lipinski definition) is 2. The molecule has 0 saturated heterocycles. The lowest BCUT2D eigenvalue weighted by atomic mass is 10.00. The zero-order valence-electron chi connectivity index (χ0n) is 20.8. The van der Waals surface area contributed by atoms with Gasteiger partial charge in [-0.15, -0.1) is 0 Å². The highest BCUT2D eigenvalue weighted by Crippen LogP contribution is 2.26. The Hall–Kier alpha value is -4.26. The summed E-state index contributed by atoms with van der Waals surface area (Å²) in [6.45, 7) is 4.44. The number of imidazole rings is 1. The van der Waals surface area contributed by atoms with Crippen molar-refractivity contribution in [3.05, 3.63) is 47.8 Å². The Balaban J connectivity index is 1.87. The van der Waals surface area contributed by atoms with Crippen molar-refractivity contribution in [1.29, 1.82) is 5.26 Å². The van der Waals surface area contributed by atoms with Crippen LogP contribution in [0.3, 0.4) is 0 Å². The smallest absolute Gasteiger partial charge is 0.259 e. The van der Waals surface area contributed by atoms with E-state index in [-0.39, 0.29) is 36.1 Å². The van der Waals surface area contributed by atoms with Crippen LogP contribution in [0.2, 0.25) is 0 Å². The van der Waals surface area contributed by atoms with Crippen molar-refractivity contribution in [2.24, 2.45) is 11.7 Å². The van der Waals surface area contributed by atoms with Gasteiger partial charge in [-0.2, -0.15) is 5.26 Å². The number of carbonyl (C=O) groups is 3. The number of nitrogens with one attached hydrogen (secondary N) is 1. The first kappa shape index (κ1) is 26.3. The second-order valence-electron chi connectivity index (χ2n) is 8.88. The fourth-order valence-corrected chi connectivity index (χ4v) is 3.87. The van der Waals surface area contributed by atoms with E-state index in [0.717, 1.165) is 19.3 Å². The molecule has 0 radical (unpaired) electrons. The van der Waals surface area contributed by atoms with Gasteiger partial charge in [-0.1, -0.05) is 33.1 Å². The summed E-state index contributed by atoms with van der Waals surface area (Å²) < 4.78 is 1.70. The van der Waals surface area contributed by atoms with Gasteiger partial charge in [0, 0.05) is 38.3 Å². The van der Waals surface area contributed by atoms with E-state index in [0.29, 0.717) is 29.1 Å². The third kappa shape index (κ3) is 6.44. The van der Waals surface area contributed by atoms with Crippen LogP contribution in [-0.2, 0) is 16.1 Å². The van der Waals surface area contributed by atoms with E-state index in [1.54, 1.807) is 22.6 Å². The van der Waals surface area contributed by atoms with Gasteiger partial charge >= 0.3 is 0 Å². The van der Waals surface area contributed by atoms with Crippen LogP contribution in [0.5, 0.6) is 0 Å². The minimum Gasteiger partial charge on any atom is -0.370 e. The molecule has 188 valence electrons. The summed E-state index contributed by atoms with van der Waals surface area (Å²) >= 11 is 0. The number of nitriles is 1. The highest BCUT2D eigenvalue weighted by molar-refractivity contribution is 6.04. The van der Waals surface area contributed by atoms with Gasteiger partial charge in [0.05, 0.1) is 16.6 Å². The topological polar surface area (TPSA) is 147 Å². The number of amides is 3. The Morgan fingerprint density at radius 2 is 2.03 bits per heavy atom. The summed E-state index contributed by atoms with van der Waals surface area (Å²) in [6.07, 6.45) is 5.04. The zero-order chi connectivity index (χ0) is 26.2. The molecule has 0 aliphatic heterocycles. The van der Waals surface area contributed by atoms with Crippen LogP contribution in [0, 0.1) is 17.2 Å². The van der Waals surface area contributed by atoms with Gasteiger partial charge in [0.15, 0.2) is 0 Å². The van der Waals surface area contributed by atoms with E-state index in [9.17, 15) is 14.4 Å². The van der Waals surface area contributed by atoms with Crippen molar-refractivity contribution < 1.29 is 14.4 Å². The quantitative estimate of drug-likeness (QED) is 0.420. The summed E-state index contributed by atoms with van der Waals surface area (Å²) in [7, 11) is 1.74. The number of hydrogen-bond acceptors (Lipinski definition) is 6. The average Bonchev–Trinajstić information content (AvgIpc) is 3.21. The molecule has 10 heteroatoms.